The zero-order chi connectivity index (χ0) is 14.1. The molecule has 1 heterocycles. The maximum Gasteiger partial charge on any atom is 0.123 e. The summed E-state index contributed by atoms with van der Waals surface area (Å²) in [5.74, 6) is 0.923. The van der Waals surface area contributed by atoms with Crippen molar-refractivity contribution in [1.82, 2.24) is 0 Å². The van der Waals surface area contributed by atoms with Gasteiger partial charge in [0, 0.05) is 11.4 Å². The Morgan fingerprint density at radius 2 is 2.10 bits per heavy atom. The van der Waals surface area contributed by atoms with Gasteiger partial charge in [-0.1, -0.05) is 29.3 Å². The lowest BCUT2D eigenvalue weighted by Gasteiger charge is -2.14. The van der Waals surface area contributed by atoms with Gasteiger partial charge in [0.1, 0.15) is 11.9 Å². The van der Waals surface area contributed by atoms with Crippen molar-refractivity contribution in [2.45, 2.75) is 12.5 Å². The Morgan fingerprint density at radius 1 is 1.25 bits per heavy atom. The standard InChI is InChI=1S/C15H12BrCl2NO/c16-15-12(18)2-1-3-13(15)19-8-11-7-9-6-10(17)4-5-14(9)20-11/h1-6,11,19H,7-8H2. The lowest BCUT2D eigenvalue weighted by molar-refractivity contribution is 0.246. The smallest absolute Gasteiger partial charge is 0.123 e. The van der Waals surface area contributed by atoms with E-state index in [1.807, 2.05) is 36.4 Å². The van der Waals surface area contributed by atoms with Crippen LogP contribution in [-0.2, 0) is 6.42 Å². The molecule has 0 radical (unpaired) electrons. The van der Waals surface area contributed by atoms with Gasteiger partial charge in [-0.25, -0.2) is 0 Å². The maximum atomic E-state index is 6.07. The van der Waals surface area contributed by atoms with Gasteiger partial charge in [0.15, 0.2) is 0 Å². The van der Waals surface area contributed by atoms with Crippen molar-refractivity contribution < 1.29 is 4.74 Å². The second-order valence-electron chi connectivity index (χ2n) is 4.68. The van der Waals surface area contributed by atoms with E-state index in [1.165, 1.54) is 0 Å². The third-order valence-electron chi connectivity index (χ3n) is 3.24. The van der Waals surface area contributed by atoms with Crippen molar-refractivity contribution in [2.75, 3.05) is 11.9 Å². The van der Waals surface area contributed by atoms with Crippen LogP contribution in [-0.4, -0.2) is 12.6 Å². The fourth-order valence-electron chi connectivity index (χ4n) is 2.27. The van der Waals surface area contributed by atoms with Crippen molar-refractivity contribution in [3.05, 3.63) is 56.5 Å². The molecule has 1 unspecified atom stereocenters. The van der Waals surface area contributed by atoms with Gasteiger partial charge in [0.05, 0.1) is 21.7 Å². The van der Waals surface area contributed by atoms with Gasteiger partial charge in [0.25, 0.3) is 0 Å². The molecule has 0 spiro atoms. The van der Waals surface area contributed by atoms with E-state index >= 15 is 0 Å². The fraction of sp³-hybridized carbons (Fsp3) is 0.200. The number of halogens is 3. The van der Waals surface area contributed by atoms with E-state index in [0.717, 1.165) is 32.9 Å². The number of fused-ring (bicyclic) bond motifs is 1. The van der Waals surface area contributed by atoms with Gasteiger partial charge < -0.3 is 10.1 Å². The summed E-state index contributed by atoms with van der Waals surface area (Å²) in [5.41, 5.74) is 2.13. The number of hydrogen-bond acceptors (Lipinski definition) is 2. The first-order chi connectivity index (χ1) is 9.63. The van der Waals surface area contributed by atoms with Crippen molar-refractivity contribution in [3.63, 3.8) is 0 Å². The molecule has 2 nitrogen and oxygen atoms in total. The van der Waals surface area contributed by atoms with E-state index in [0.29, 0.717) is 11.6 Å². The molecule has 0 saturated heterocycles. The highest BCUT2D eigenvalue weighted by Gasteiger charge is 2.22. The molecule has 0 fully saturated rings. The Labute approximate surface area is 136 Å². The van der Waals surface area contributed by atoms with E-state index in [9.17, 15) is 0 Å². The topological polar surface area (TPSA) is 21.3 Å². The average molecular weight is 373 g/mol. The van der Waals surface area contributed by atoms with Gasteiger partial charge in [0.2, 0.25) is 0 Å². The maximum absolute atomic E-state index is 6.07. The molecule has 5 heteroatoms. The molecule has 0 aliphatic carbocycles. The molecule has 0 saturated carbocycles. The summed E-state index contributed by atoms with van der Waals surface area (Å²) in [7, 11) is 0. The lowest BCUT2D eigenvalue weighted by atomic mass is 10.1. The molecule has 1 atom stereocenters. The molecule has 0 amide bonds. The Morgan fingerprint density at radius 3 is 2.95 bits per heavy atom. The molecule has 0 aromatic heterocycles. The normalized spacial score (nSPS) is 16.6. The number of hydrogen-bond donors (Lipinski definition) is 1. The van der Waals surface area contributed by atoms with Crippen molar-refractivity contribution in [2.24, 2.45) is 0 Å². The van der Waals surface area contributed by atoms with E-state index in [-0.39, 0.29) is 6.10 Å². The van der Waals surface area contributed by atoms with E-state index < -0.39 is 0 Å². The third-order valence-corrected chi connectivity index (χ3v) is 4.87. The zero-order valence-corrected chi connectivity index (χ0v) is 13.6. The summed E-state index contributed by atoms with van der Waals surface area (Å²) in [6.07, 6.45) is 0.968. The number of anilines is 1. The molecule has 104 valence electrons. The highest BCUT2D eigenvalue weighted by atomic mass is 79.9. The van der Waals surface area contributed by atoms with Gasteiger partial charge >= 0.3 is 0 Å². The molecular weight excluding hydrogens is 361 g/mol. The molecule has 3 rings (SSSR count). The molecule has 1 aliphatic rings. The van der Waals surface area contributed by atoms with Crippen molar-refractivity contribution >= 4 is 44.8 Å². The van der Waals surface area contributed by atoms with Crippen LogP contribution in [0.4, 0.5) is 5.69 Å². The minimum atomic E-state index is 0.106. The first-order valence-electron chi connectivity index (χ1n) is 6.26. The highest BCUT2D eigenvalue weighted by molar-refractivity contribution is 9.10. The number of rotatable bonds is 3. The van der Waals surface area contributed by atoms with Crippen LogP contribution in [0.3, 0.4) is 0 Å². The number of benzene rings is 2. The molecule has 20 heavy (non-hydrogen) atoms. The Balaban J connectivity index is 1.65. The summed E-state index contributed by atoms with van der Waals surface area (Å²) >= 11 is 15.5. The summed E-state index contributed by atoms with van der Waals surface area (Å²) in [6, 6.07) is 11.5. The van der Waals surface area contributed by atoms with E-state index in [1.54, 1.807) is 0 Å². The van der Waals surface area contributed by atoms with Crippen molar-refractivity contribution in [3.8, 4) is 5.75 Å². The molecule has 2 aromatic carbocycles. The predicted octanol–water partition coefficient (Wildman–Crippen LogP) is 5.17. The fourth-order valence-corrected chi connectivity index (χ4v) is 3.04. The van der Waals surface area contributed by atoms with Crippen LogP contribution >= 0.6 is 39.1 Å². The molecular formula is C15H12BrCl2NO. The highest BCUT2D eigenvalue weighted by Crippen LogP contribution is 2.33. The summed E-state index contributed by atoms with van der Waals surface area (Å²) in [6.45, 7) is 0.714. The van der Waals surface area contributed by atoms with Gasteiger partial charge in [-0.3, -0.25) is 0 Å². The largest absolute Gasteiger partial charge is 0.488 e. The molecule has 2 aromatic rings. The Kier molecular flexibility index (Phi) is 4.11. The SMILES string of the molecule is Clc1ccc2c(c1)CC(CNc1cccc(Cl)c1Br)O2. The average Bonchev–Trinajstić information content (AvgIpc) is 2.82. The molecule has 0 bridgehead atoms. The van der Waals surface area contributed by atoms with Crippen LogP contribution in [0.5, 0.6) is 5.75 Å². The van der Waals surface area contributed by atoms with E-state index in [2.05, 4.69) is 21.2 Å². The molecule has 1 N–H and O–H groups in total. The minimum absolute atomic E-state index is 0.106. The van der Waals surface area contributed by atoms with Gasteiger partial charge in [-0.05, 0) is 51.8 Å². The van der Waals surface area contributed by atoms with Crippen LogP contribution < -0.4 is 10.1 Å². The third kappa shape index (κ3) is 2.90. The first-order valence-corrected chi connectivity index (χ1v) is 7.81. The number of nitrogens with one attached hydrogen (secondary N) is 1. The minimum Gasteiger partial charge on any atom is -0.488 e. The summed E-state index contributed by atoms with van der Waals surface area (Å²) in [5, 5.41) is 4.80. The van der Waals surface area contributed by atoms with Crippen LogP contribution in [0.1, 0.15) is 5.56 Å². The predicted molar refractivity (Wildman–Crippen MR) is 87.2 cm³/mol. The monoisotopic (exact) mass is 371 g/mol. The van der Waals surface area contributed by atoms with Crippen LogP contribution in [0.2, 0.25) is 10.0 Å². The summed E-state index contributed by atoms with van der Waals surface area (Å²) < 4.78 is 6.76. The Hall–Kier alpha value is -0.900. The second-order valence-corrected chi connectivity index (χ2v) is 6.31. The lowest BCUT2D eigenvalue weighted by Crippen LogP contribution is -2.24. The van der Waals surface area contributed by atoms with Crippen molar-refractivity contribution in [1.29, 1.82) is 0 Å². The quantitative estimate of drug-likeness (QED) is 0.802. The zero-order valence-electron chi connectivity index (χ0n) is 10.5. The number of ether oxygens (including phenoxy) is 1. The summed E-state index contributed by atoms with van der Waals surface area (Å²) in [4.78, 5) is 0. The van der Waals surface area contributed by atoms with Crippen LogP contribution in [0, 0.1) is 0 Å². The van der Waals surface area contributed by atoms with Crippen LogP contribution in [0.15, 0.2) is 40.9 Å². The van der Waals surface area contributed by atoms with E-state index in [4.69, 9.17) is 27.9 Å². The second kappa shape index (κ2) is 5.84. The first kappa shape index (κ1) is 14.1. The van der Waals surface area contributed by atoms with Gasteiger partial charge in [-0.15, -0.1) is 0 Å². The van der Waals surface area contributed by atoms with Crippen LogP contribution in [0.25, 0.3) is 0 Å². The molecule has 1 aliphatic heterocycles. The Bertz CT molecular complexity index is 648. The van der Waals surface area contributed by atoms with Gasteiger partial charge in [-0.2, -0.15) is 0 Å².